The lowest BCUT2D eigenvalue weighted by Crippen LogP contribution is -2.68. The van der Waals surface area contributed by atoms with E-state index in [2.05, 4.69) is 0 Å². The van der Waals surface area contributed by atoms with Crippen LogP contribution in [0.25, 0.3) is 0 Å². The monoisotopic (exact) mass is 228 g/mol. The van der Waals surface area contributed by atoms with E-state index in [1.54, 1.807) is 0 Å². The van der Waals surface area contributed by atoms with Gasteiger partial charge in [-0.3, -0.25) is 4.79 Å². The Hall–Kier alpha value is -0.610. The van der Waals surface area contributed by atoms with Crippen molar-refractivity contribution in [3.05, 3.63) is 0 Å². The zero-order chi connectivity index (χ0) is 12.1. The fraction of sp³-hybridized carbons (Fsp3) is 0.917. The number of hydrogen-bond donors (Lipinski definition) is 1. The van der Waals surface area contributed by atoms with E-state index < -0.39 is 17.8 Å². The number of ether oxygens (including phenoxy) is 2. The molecule has 0 amide bonds. The van der Waals surface area contributed by atoms with Gasteiger partial charge in [0.05, 0.1) is 11.2 Å². The molecular formula is C12H20O4. The van der Waals surface area contributed by atoms with Crippen molar-refractivity contribution in [2.24, 2.45) is 5.92 Å². The lowest BCUT2D eigenvalue weighted by Gasteiger charge is -2.59. The Bertz CT molecular complexity index is 312. The highest BCUT2D eigenvalue weighted by Crippen LogP contribution is 2.50. The third kappa shape index (κ3) is 1.64. The van der Waals surface area contributed by atoms with Crippen LogP contribution in [0.4, 0.5) is 0 Å². The maximum atomic E-state index is 11.1. The lowest BCUT2D eigenvalue weighted by molar-refractivity contribution is -0.311. The summed E-state index contributed by atoms with van der Waals surface area (Å²) in [5.74, 6) is -0.260. The van der Waals surface area contributed by atoms with Crippen LogP contribution in [0.2, 0.25) is 0 Å². The maximum absolute atomic E-state index is 11.1. The number of carbonyl (C=O) groups is 1. The van der Waals surface area contributed by atoms with Crippen molar-refractivity contribution in [3.63, 3.8) is 0 Å². The Morgan fingerprint density at radius 1 is 1.44 bits per heavy atom. The second-order valence-corrected chi connectivity index (χ2v) is 5.68. The molecule has 2 bridgehead atoms. The van der Waals surface area contributed by atoms with Gasteiger partial charge in [-0.2, -0.15) is 0 Å². The third-order valence-electron chi connectivity index (χ3n) is 3.98. The summed E-state index contributed by atoms with van der Waals surface area (Å²) < 4.78 is 11.2. The lowest BCUT2D eigenvalue weighted by atomic mass is 9.65. The van der Waals surface area contributed by atoms with Crippen molar-refractivity contribution < 1.29 is 19.4 Å². The molecule has 1 aliphatic carbocycles. The Balaban J connectivity index is 2.29. The number of hydrogen-bond acceptors (Lipinski definition) is 4. The molecule has 1 saturated carbocycles. The van der Waals surface area contributed by atoms with Crippen LogP contribution in [0, 0.1) is 5.92 Å². The molecule has 92 valence electrons. The average Bonchev–Trinajstić information content (AvgIpc) is 2.10. The number of aliphatic hydroxyl groups is 1. The minimum absolute atomic E-state index is 0.0771. The Labute approximate surface area is 95.9 Å². The van der Waals surface area contributed by atoms with E-state index in [9.17, 15) is 9.90 Å². The zero-order valence-corrected chi connectivity index (χ0v) is 10.3. The predicted molar refractivity (Wildman–Crippen MR) is 57.9 cm³/mol. The molecule has 4 unspecified atom stereocenters. The molecule has 4 heteroatoms. The van der Waals surface area contributed by atoms with Gasteiger partial charge in [0, 0.05) is 12.8 Å². The quantitative estimate of drug-likeness (QED) is 0.686. The molecule has 0 spiro atoms. The molecule has 3 rings (SSSR count). The largest absolute Gasteiger partial charge is 0.459 e. The van der Waals surface area contributed by atoms with Crippen LogP contribution >= 0.6 is 0 Å². The number of aliphatic hydroxyl groups excluding tert-OH is 1. The van der Waals surface area contributed by atoms with Gasteiger partial charge in [0.2, 0.25) is 0 Å². The minimum atomic E-state index is -0.719. The molecule has 0 aromatic carbocycles. The third-order valence-corrected chi connectivity index (χ3v) is 3.98. The van der Waals surface area contributed by atoms with Crippen LogP contribution in [-0.4, -0.2) is 34.5 Å². The maximum Gasteiger partial charge on any atom is 0.303 e. The average molecular weight is 228 g/mol. The highest BCUT2D eigenvalue weighted by molar-refractivity contribution is 5.66. The van der Waals surface area contributed by atoms with Crippen molar-refractivity contribution in [3.8, 4) is 0 Å². The molecular weight excluding hydrogens is 208 g/mol. The summed E-state index contributed by atoms with van der Waals surface area (Å²) in [6.07, 6.45) is 0.599. The summed E-state index contributed by atoms with van der Waals surface area (Å²) in [4.78, 5) is 11.1. The van der Waals surface area contributed by atoms with Gasteiger partial charge in [-0.05, 0) is 33.6 Å². The highest BCUT2D eigenvalue weighted by Gasteiger charge is 2.60. The van der Waals surface area contributed by atoms with Crippen LogP contribution in [0.3, 0.4) is 0 Å². The Morgan fingerprint density at radius 2 is 2.06 bits per heavy atom. The Morgan fingerprint density at radius 3 is 2.56 bits per heavy atom. The van der Waals surface area contributed by atoms with Crippen molar-refractivity contribution in [2.75, 3.05) is 0 Å². The molecule has 2 saturated heterocycles. The van der Waals surface area contributed by atoms with Crippen molar-refractivity contribution in [1.82, 2.24) is 0 Å². The topological polar surface area (TPSA) is 55.8 Å². The van der Waals surface area contributed by atoms with Crippen molar-refractivity contribution >= 4 is 5.97 Å². The molecule has 2 aliphatic heterocycles. The standard InChI is InChI=1S/C12H20O4/c1-7(13)15-9-8-5-6-12(4,10(9)14)16-11(8,2)3/h8-10,14H,5-6H2,1-4H3. The zero-order valence-electron chi connectivity index (χ0n) is 10.3. The van der Waals surface area contributed by atoms with Gasteiger partial charge < -0.3 is 14.6 Å². The van der Waals surface area contributed by atoms with Crippen LogP contribution < -0.4 is 0 Å². The van der Waals surface area contributed by atoms with Gasteiger partial charge in [-0.15, -0.1) is 0 Å². The first-order chi connectivity index (χ1) is 7.26. The molecule has 0 radical (unpaired) electrons. The molecule has 0 aromatic heterocycles. The van der Waals surface area contributed by atoms with E-state index in [1.165, 1.54) is 6.92 Å². The fourth-order valence-electron chi connectivity index (χ4n) is 3.19. The molecule has 2 heterocycles. The first kappa shape index (κ1) is 11.9. The summed E-state index contributed by atoms with van der Waals surface area (Å²) in [6, 6.07) is 0. The smallest absolute Gasteiger partial charge is 0.303 e. The summed E-state index contributed by atoms with van der Waals surface area (Å²) in [7, 11) is 0. The van der Waals surface area contributed by atoms with Gasteiger partial charge >= 0.3 is 5.97 Å². The summed E-state index contributed by atoms with van der Waals surface area (Å²) in [5.41, 5.74) is -0.926. The number of rotatable bonds is 1. The normalized spacial score (nSPS) is 45.4. The molecule has 0 aromatic rings. The summed E-state index contributed by atoms with van der Waals surface area (Å²) in [6.45, 7) is 7.27. The molecule has 4 atom stereocenters. The van der Waals surface area contributed by atoms with Gasteiger partial charge in [0.25, 0.3) is 0 Å². The first-order valence-electron chi connectivity index (χ1n) is 5.82. The number of carbonyl (C=O) groups excluding carboxylic acids is 1. The van der Waals surface area contributed by atoms with Crippen molar-refractivity contribution in [1.29, 1.82) is 0 Å². The van der Waals surface area contributed by atoms with Gasteiger partial charge in [0.15, 0.2) is 0 Å². The van der Waals surface area contributed by atoms with E-state index in [0.717, 1.165) is 12.8 Å². The molecule has 1 N–H and O–H groups in total. The number of fused-ring (bicyclic) bond motifs is 3. The van der Waals surface area contributed by atoms with Crippen LogP contribution in [0.1, 0.15) is 40.5 Å². The molecule has 4 nitrogen and oxygen atoms in total. The van der Waals surface area contributed by atoms with E-state index in [4.69, 9.17) is 9.47 Å². The van der Waals surface area contributed by atoms with E-state index in [-0.39, 0.29) is 17.5 Å². The van der Waals surface area contributed by atoms with E-state index >= 15 is 0 Å². The number of esters is 1. The highest BCUT2D eigenvalue weighted by atomic mass is 16.6. The fourth-order valence-corrected chi connectivity index (χ4v) is 3.19. The van der Waals surface area contributed by atoms with Crippen LogP contribution in [0.5, 0.6) is 0 Å². The van der Waals surface area contributed by atoms with E-state index in [1.807, 2.05) is 20.8 Å². The van der Waals surface area contributed by atoms with Gasteiger partial charge in [-0.1, -0.05) is 0 Å². The van der Waals surface area contributed by atoms with Gasteiger partial charge in [0.1, 0.15) is 12.2 Å². The molecule has 16 heavy (non-hydrogen) atoms. The second-order valence-electron chi connectivity index (χ2n) is 5.68. The van der Waals surface area contributed by atoms with Crippen LogP contribution in [0.15, 0.2) is 0 Å². The second kappa shape index (κ2) is 3.44. The van der Waals surface area contributed by atoms with Gasteiger partial charge in [-0.25, -0.2) is 0 Å². The summed E-state index contributed by atoms with van der Waals surface area (Å²) in [5, 5.41) is 10.2. The predicted octanol–water partition coefficient (Wildman–Crippen LogP) is 1.26. The minimum Gasteiger partial charge on any atom is -0.459 e. The SMILES string of the molecule is CC(=O)OC1C2CCC(C)(OC2(C)C)C1O. The van der Waals surface area contributed by atoms with Crippen LogP contribution in [-0.2, 0) is 14.3 Å². The Kier molecular flexibility index (Phi) is 2.55. The molecule has 3 aliphatic rings. The molecule has 3 fully saturated rings. The van der Waals surface area contributed by atoms with Crippen molar-refractivity contribution in [2.45, 2.75) is 63.9 Å². The van der Waals surface area contributed by atoms with E-state index in [0.29, 0.717) is 0 Å². The first-order valence-corrected chi connectivity index (χ1v) is 5.82. The summed E-state index contributed by atoms with van der Waals surface area (Å²) >= 11 is 0.